The minimum atomic E-state index is -0.763. The largest absolute Gasteiger partial charge is 0.481 e. The predicted molar refractivity (Wildman–Crippen MR) is 64.1 cm³/mol. The zero-order valence-electron chi connectivity index (χ0n) is 9.77. The lowest BCUT2D eigenvalue weighted by atomic mass is 10.0. The lowest BCUT2D eigenvalue weighted by Gasteiger charge is -2.10. The van der Waals surface area contributed by atoms with Crippen LogP contribution in [-0.4, -0.2) is 24.0 Å². The number of rotatable bonds is 4. The number of aliphatic carboxylic acids is 1. The molecule has 0 aromatic heterocycles. The first-order valence-electron chi connectivity index (χ1n) is 5.68. The molecular weight excluding hydrogens is 218 g/mol. The zero-order chi connectivity index (χ0) is 12.4. The molecule has 1 N–H and O–H groups in total. The van der Waals surface area contributed by atoms with Crippen molar-refractivity contribution in [2.45, 2.75) is 25.7 Å². The van der Waals surface area contributed by atoms with Crippen molar-refractivity contribution in [1.29, 1.82) is 0 Å². The van der Waals surface area contributed by atoms with Gasteiger partial charge in [-0.15, -0.1) is 0 Å². The molecule has 0 radical (unpaired) electrons. The molecule has 4 heteroatoms. The molecule has 0 spiro atoms. The molecule has 17 heavy (non-hydrogen) atoms. The van der Waals surface area contributed by atoms with Crippen molar-refractivity contribution in [3.05, 3.63) is 29.3 Å². The second kappa shape index (κ2) is 4.57. The molecule has 1 amide bonds. The molecule has 0 aliphatic carbocycles. The lowest BCUT2D eigenvalue weighted by Crippen LogP contribution is -2.20. The molecule has 2 rings (SSSR count). The van der Waals surface area contributed by atoms with Crippen molar-refractivity contribution in [3.63, 3.8) is 0 Å². The number of carboxylic acid groups (broad SMARTS) is 1. The number of hydrogen-bond donors (Lipinski definition) is 1. The van der Waals surface area contributed by atoms with E-state index in [1.54, 1.807) is 11.9 Å². The maximum Gasteiger partial charge on any atom is 0.303 e. The first-order valence-corrected chi connectivity index (χ1v) is 5.68. The van der Waals surface area contributed by atoms with Crippen LogP contribution in [0.15, 0.2) is 18.2 Å². The number of likely N-dealkylation sites (N-methyl/N-ethyl adjacent to an activating group) is 1. The highest BCUT2D eigenvalue weighted by Crippen LogP contribution is 2.28. The van der Waals surface area contributed by atoms with Crippen LogP contribution >= 0.6 is 0 Å². The Morgan fingerprint density at radius 3 is 2.94 bits per heavy atom. The SMILES string of the molecule is CN1C(=O)Cc2cc(CCCC(=O)O)ccc21. The highest BCUT2D eigenvalue weighted by Gasteiger charge is 2.23. The highest BCUT2D eigenvalue weighted by molar-refractivity contribution is 6.00. The van der Waals surface area contributed by atoms with Crippen LogP contribution in [0.1, 0.15) is 24.0 Å². The Balaban J connectivity index is 2.05. The fourth-order valence-corrected chi connectivity index (χ4v) is 2.12. The summed E-state index contributed by atoms with van der Waals surface area (Å²) in [4.78, 5) is 23.6. The summed E-state index contributed by atoms with van der Waals surface area (Å²) in [6.07, 6.45) is 2.03. The Morgan fingerprint density at radius 2 is 2.24 bits per heavy atom. The summed E-state index contributed by atoms with van der Waals surface area (Å²) in [5, 5.41) is 8.56. The van der Waals surface area contributed by atoms with Crippen LogP contribution < -0.4 is 4.90 Å². The molecule has 90 valence electrons. The molecule has 0 fully saturated rings. The lowest BCUT2D eigenvalue weighted by molar-refractivity contribution is -0.137. The highest BCUT2D eigenvalue weighted by atomic mass is 16.4. The number of hydrogen-bond acceptors (Lipinski definition) is 2. The minimum absolute atomic E-state index is 0.114. The van der Waals surface area contributed by atoms with Crippen LogP contribution in [0.5, 0.6) is 0 Å². The third-order valence-corrected chi connectivity index (χ3v) is 3.08. The maximum atomic E-state index is 11.5. The Bertz CT molecular complexity index is 468. The summed E-state index contributed by atoms with van der Waals surface area (Å²) < 4.78 is 0. The van der Waals surface area contributed by atoms with Crippen LogP contribution in [0.3, 0.4) is 0 Å². The Hall–Kier alpha value is -1.84. The minimum Gasteiger partial charge on any atom is -0.481 e. The van der Waals surface area contributed by atoms with Gasteiger partial charge >= 0.3 is 5.97 Å². The molecule has 0 unspecified atom stereocenters. The smallest absolute Gasteiger partial charge is 0.303 e. The molecule has 0 saturated carbocycles. The monoisotopic (exact) mass is 233 g/mol. The maximum absolute atomic E-state index is 11.5. The van der Waals surface area contributed by atoms with E-state index in [0.717, 1.165) is 23.2 Å². The summed E-state index contributed by atoms with van der Waals surface area (Å²) in [5.41, 5.74) is 3.12. The van der Waals surface area contributed by atoms with Crippen molar-refractivity contribution < 1.29 is 14.7 Å². The van der Waals surface area contributed by atoms with Gasteiger partial charge in [0.05, 0.1) is 6.42 Å². The molecule has 1 aliphatic heterocycles. The van der Waals surface area contributed by atoms with Gasteiger partial charge < -0.3 is 10.0 Å². The van der Waals surface area contributed by atoms with Gasteiger partial charge in [-0.05, 0) is 30.0 Å². The van der Waals surface area contributed by atoms with Gasteiger partial charge in [-0.3, -0.25) is 9.59 Å². The van der Waals surface area contributed by atoms with Crippen LogP contribution in [-0.2, 0) is 22.4 Å². The summed E-state index contributed by atoms with van der Waals surface area (Å²) in [5.74, 6) is -0.649. The number of aryl methyl sites for hydroxylation is 1. The van der Waals surface area contributed by atoms with Crippen molar-refractivity contribution in [3.8, 4) is 0 Å². The van der Waals surface area contributed by atoms with E-state index in [0.29, 0.717) is 12.8 Å². The number of nitrogens with zero attached hydrogens (tertiary/aromatic N) is 1. The third-order valence-electron chi connectivity index (χ3n) is 3.08. The van der Waals surface area contributed by atoms with Gasteiger partial charge in [-0.2, -0.15) is 0 Å². The summed E-state index contributed by atoms with van der Waals surface area (Å²) >= 11 is 0. The van der Waals surface area contributed by atoms with Crippen LogP contribution in [0.4, 0.5) is 5.69 Å². The molecule has 0 atom stereocenters. The van der Waals surface area contributed by atoms with Crippen LogP contribution in [0, 0.1) is 0 Å². The van der Waals surface area contributed by atoms with Gasteiger partial charge in [0.15, 0.2) is 0 Å². The van der Waals surface area contributed by atoms with Gasteiger partial charge in [-0.25, -0.2) is 0 Å². The van der Waals surface area contributed by atoms with Crippen LogP contribution in [0.2, 0.25) is 0 Å². The van der Waals surface area contributed by atoms with E-state index in [1.165, 1.54) is 0 Å². The van der Waals surface area contributed by atoms with Crippen molar-refractivity contribution >= 4 is 17.6 Å². The van der Waals surface area contributed by atoms with E-state index >= 15 is 0 Å². The van der Waals surface area contributed by atoms with E-state index < -0.39 is 5.97 Å². The predicted octanol–water partition coefficient (Wildman–Crippen LogP) is 1.61. The number of amides is 1. The summed E-state index contributed by atoms with van der Waals surface area (Å²) in [6, 6.07) is 5.92. The quantitative estimate of drug-likeness (QED) is 0.859. The van der Waals surface area contributed by atoms with Gasteiger partial charge in [0.25, 0.3) is 0 Å². The normalized spacial score (nSPS) is 13.9. The topological polar surface area (TPSA) is 57.6 Å². The van der Waals surface area contributed by atoms with E-state index in [-0.39, 0.29) is 12.3 Å². The molecule has 0 saturated heterocycles. The fourth-order valence-electron chi connectivity index (χ4n) is 2.12. The van der Waals surface area contributed by atoms with E-state index in [1.807, 2.05) is 18.2 Å². The molecule has 4 nitrogen and oxygen atoms in total. The third kappa shape index (κ3) is 2.46. The average molecular weight is 233 g/mol. The standard InChI is InChI=1S/C13H15NO3/c1-14-11-6-5-9(3-2-4-13(16)17)7-10(11)8-12(14)15/h5-7H,2-4,8H2,1H3,(H,16,17). The van der Waals surface area contributed by atoms with Crippen molar-refractivity contribution in [1.82, 2.24) is 0 Å². The fraction of sp³-hybridized carbons (Fsp3) is 0.385. The number of carboxylic acids is 1. The zero-order valence-corrected chi connectivity index (χ0v) is 9.77. The molecule has 1 heterocycles. The summed E-state index contributed by atoms with van der Waals surface area (Å²) in [7, 11) is 1.78. The summed E-state index contributed by atoms with van der Waals surface area (Å²) in [6.45, 7) is 0. The second-order valence-electron chi connectivity index (χ2n) is 4.34. The number of carbonyl (C=O) groups excluding carboxylic acids is 1. The van der Waals surface area contributed by atoms with Gasteiger partial charge in [-0.1, -0.05) is 12.1 Å². The van der Waals surface area contributed by atoms with Gasteiger partial charge in [0, 0.05) is 19.2 Å². The van der Waals surface area contributed by atoms with Gasteiger partial charge in [0.1, 0.15) is 0 Å². The molecule has 1 aliphatic rings. The van der Waals surface area contributed by atoms with Crippen molar-refractivity contribution in [2.24, 2.45) is 0 Å². The number of carbonyl (C=O) groups is 2. The first-order chi connectivity index (χ1) is 8.08. The van der Waals surface area contributed by atoms with E-state index in [2.05, 4.69) is 0 Å². The molecule has 1 aromatic rings. The average Bonchev–Trinajstić information content (AvgIpc) is 2.54. The Labute approximate surface area is 99.9 Å². The van der Waals surface area contributed by atoms with E-state index in [4.69, 9.17) is 5.11 Å². The Morgan fingerprint density at radius 1 is 1.47 bits per heavy atom. The number of anilines is 1. The first kappa shape index (κ1) is 11.6. The van der Waals surface area contributed by atoms with Crippen LogP contribution in [0.25, 0.3) is 0 Å². The number of fused-ring (bicyclic) bond motifs is 1. The molecule has 0 bridgehead atoms. The van der Waals surface area contributed by atoms with Gasteiger partial charge in [0.2, 0.25) is 5.91 Å². The Kier molecular flexibility index (Phi) is 3.13. The molecular formula is C13H15NO3. The number of benzene rings is 1. The van der Waals surface area contributed by atoms with E-state index in [9.17, 15) is 9.59 Å². The molecule has 1 aromatic carbocycles. The van der Waals surface area contributed by atoms with Crippen molar-refractivity contribution in [2.75, 3.05) is 11.9 Å². The second-order valence-corrected chi connectivity index (χ2v) is 4.34.